The highest BCUT2D eigenvalue weighted by molar-refractivity contribution is 5.79. The van der Waals surface area contributed by atoms with Gasteiger partial charge in [-0.3, -0.25) is 4.79 Å². The maximum Gasteiger partial charge on any atom is 0.295 e. The first-order valence-electron chi connectivity index (χ1n) is 9.10. The third-order valence-corrected chi connectivity index (χ3v) is 5.34. The molecule has 0 radical (unpaired) electrons. The summed E-state index contributed by atoms with van der Waals surface area (Å²) in [6.45, 7) is 0. The van der Waals surface area contributed by atoms with E-state index in [1.54, 1.807) is 6.33 Å². The largest absolute Gasteiger partial charge is 0.424 e. The van der Waals surface area contributed by atoms with E-state index in [0.29, 0.717) is 18.5 Å². The summed E-state index contributed by atoms with van der Waals surface area (Å²) in [5.41, 5.74) is 2.63. The molecular weight excluding hydrogens is 330 g/mol. The molecule has 0 bridgehead atoms. The van der Waals surface area contributed by atoms with E-state index >= 15 is 0 Å². The van der Waals surface area contributed by atoms with E-state index in [4.69, 9.17) is 4.42 Å². The van der Waals surface area contributed by atoms with Gasteiger partial charge in [0.05, 0.1) is 30.3 Å². The predicted octanol–water partition coefficient (Wildman–Crippen LogP) is 2.87. The van der Waals surface area contributed by atoms with Crippen LogP contribution in [0.1, 0.15) is 37.4 Å². The Morgan fingerprint density at radius 3 is 2.81 bits per heavy atom. The van der Waals surface area contributed by atoms with Gasteiger partial charge in [-0.1, -0.05) is 12.1 Å². The van der Waals surface area contributed by atoms with Crippen LogP contribution in [0, 0.1) is 0 Å². The number of piperidine rings is 1. The van der Waals surface area contributed by atoms with Crippen LogP contribution >= 0.6 is 0 Å². The average Bonchev–Trinajstić information content (AvgIpc) is 3.25. The fourth-order valence-corrected chi connectivity index (χ4v) is 3.94. The van der Waals surface area contributed by atoms with Crippen LogP contribution in [0.2, 0.25) is 0 Å². The molecule has 1 aliphatic heterocycles. The molecule has 2 atom stereocenters. The third kappa shape index (κ3) is 2.55. The van der Waals surface area contributed by atoms with Crippen molar-refractivity contribution in [3.63, 3.8) is 0 Å². The average molecular weight is 351 g/mol. The summed E-state index contributed by atoms with van der Waals surface area (Å²) < 4.78 is 7.86. The number of imidazole rings is 1. The number of rotatable bonds is 4. The smallest absolute Gasteiger partial charge is 0.295 e. The molecule has 3 heterocycles. The van der Waals surface area contributed by atoms with Crippen molar-refractivity contribution in [2.75, 3.05) is 5.32 Å². The molecule has 134 valence electrons. The van der Waals surface area contributed by atoms with Crippen molar-refractivity contribution in [1.29, 1.82) is 0 Å². The fraction of sp³-hybridized carbons (Fsp3) is 0.421. The second kappa shape index (κ2) is 5.86. The monoisotopic (exact) mass is 351 g/mol. The Hall–Kier alpha value is -2.83. The number of nitrogens with one attached hydrogen (secondary N) is 1. The predicted molar refractivity (Wildman–Crippen MR) is 96.5 cm³/mol. The van der Waals surface area contributed by atoms with E-state index in [2.05, 4.69) is 20.2 Å². The topological polar surface area (TPSA) is 76.2 Å². The summed E-state index contributed by atoms with van der Waals surface area (Å²) in [6, 6.07) is 8.55. The lowest BCUT2D eigenvalue weighted by atomic mass is 9.93. The molecule has 1 amide bonds. The third-order valence-electron chi connectivity index (χ3n) is 5.34. The number of hydrogen-bond donors (Lipinski definition) is 1. The number of benzene rings is 1. The van der Waals surface area contributed by atoms with E-state index in [1.807, 2.05) is 42.1 Å². The van der Waals surface area contributed by atoms with Gasteiger partial charge in [0, 0.05) is 19.5 Å². The molecule has 7 heteroatoms. The van der Waals surface area contributed by atoms with Gasteiger partial charge in [0.15, 0.2) is 5.58 Å². The zero-order valence-electron chi connectivity index (χ0n) is 14.6. The SMILES string of the molecule is Cn1cncc1[C@H]1[C@H](Nc2nc3ccccc3o2)CCC(=O)N1C1CC1. The zero-order valence-corrected chi connectivity index (χ0v) is 14.6. The molecule has 2 aliphatic rings. The minimum absolute atomic E-state index is 0.0387. The number of aromatic nitrogens is 3. The van der Waals surface area contributed by atoms with Crippen LogP contribution in [0.25, 0.3) is 11.1 Å². The van der Waals surface area contributed by atoms with Gasteiger partial charge in [-0.2, -0.15) is 4.98 Å². The van der Waals surface area contributed by atoms with Gasteiger partial charge in [-0.15, -0.1) is 0 Å². The van der Waals surface area contributed by atoms with Crippen LogP contribution in [0.4, 0.5) is 6.01 Å². The number of carbonyl (C=O) groups excluding carboxylic acids is 1. The quantitative estimate of drug-likeness (QED) is 0.782. The van der Waals surface area contributed by atoms with E-state index in [1.165, 1.54) is 0 Å². The first kappa shape index (κ1) is 15.4. The minimum Gasteiger partial charge on any atom is -0.424 e. The van der Waals surface area contributed by atoms with Crippen molar-refractivity contribution in [2.45, 2.75) is 43.8 Å². The molecule has 1 N–H and O–H groups in total. The normalized spacial score (nSPS) is 23.6. The molecule has 3 aromatic rings. The second-order valence-corrected chi connectivity index (χ2v) is 7.18. The second-order valence-electron chi connectivity index (χ2n) is 7.18. The number of carbonyl (C=O) groups is 1. The molecule has 0 spiro atoms. The Kier molecular flexibility index (Phi) is 3.48. The van der Waals surface area contributed by atoms with E-state index in [9.17, 15) is 4.79 Å². The van der Waals surface area contributed by atoms with Gasteiger partial charge in [-0.05, 0) is 31.4 Å². The minimum atomic E-state index is -0.0636. The molecule has 2 fully saturated rings. The summed E-state index contributed by atoms with van der Waals surface area (Å²) in [7, 11) is 1.98. The molecule has 2 aromatic heterocycles. The summed E-state index contributed by atoms with van der Waals surface area (Å²) >= 11 is 0. The molecule has 7 nitrogen and oxygen atoms in total. The highest BCUT2D eigenvalue weighted by Crippen LogP contribution is 2.41. The van der Waals surface area contributed by atoms with Crippen LogP contribution in [0.15, 0.2) is 41.2 Å². The van der Waals surface area contributed by atoms with E-state index in [-0.39, 0.29) is 18.0 Å². The maximum absolute atomic E-state index is 12.7. The zero-order chi connectivity index (χ0) is 17.7. The lowest BCUT2D eigenvalue weighted by Crippen LogP contribution is -2.49. The highest BCUT2D eigenvalue weighted by Gasteiger charge is 2.45. The molecule has 1 saturated carbocycles. The van der Waals surface area contributed by atoms with Gasteiger partial charge in [0.1, 0.15) is 5.52 Å². The van der Waals surface area contributed by atoms with E-state index < -0.39 is 0 Å². The number of nitrogens with zero attached hydrogens (tertiary/aromatic N) is 4. The van der Waals surface area contributed by atoms with Crippen LogP contribution in [0.5, 0.6) is 0 Å². The van der Waals surface area contributed by atoms with E-state index in [0.717, 1.165) is 36.1 Å². The number of amides is 1. The number of aryl methyl sites for hydroxylation is 1. The fourth-order valence-electron chi connectivity index (χ4n) is 3.94. The number of hydrogen-bond acceptors (Lipinski definition) is 5. The summed E-state index contributed by atoms with van der Waals surface area (Å²) in [6.07, 6.45) is 7.10. The highest BCUT2D eigenvalue weighted by atomic mass is 16.4. The molecule has 0 unspecified atom stereocenters. The van der Waals surface area contributed by atoms with Crippen LogP contribution in [0.3, 0.4) is 0 Å². The van der Waals surface area contributed by atoms with Gasteiger partial charge < -0.3 is 19.2 Å². The number of anilines is 1. The van der Waals surface area contributed by atoms with Crippen molar-refractivity contribution >= 4 is 23.0 Å². The van der Waals surface area contributed by atoms with Crippen molar-refractivity contribution in [2.24, 2.45) is 7.05 Å². The van der Waals surface area contributed by atoms with Crippen LogP contribution in [-0.2, 0) is 11.8 Å². The molecule has 1 aliphatic carbocycles. The van der Waals surface area contributed by atoms with Crippen LogP contribution < -0.4 is 5.32 Å². The number of oxazole rings is 1. The molecule has 1 aromatic carbocycles. The lowest BCUT2D eigenvalue weighted by Gasteiger charge is -2.41. The lowest BCUT2D eigenvalue weighted by molar-refractivity contribution is -0.138. The molecule has 26 heavy (non-hydrogen) atoms. The standard InChI is InChI=1S/C19H21N5O2/c1-23-11-20-10-15(23)18-14(8-9-17(25)24(18)12-6-7-12)22-19-21-13-4-2-3-5-16(13)26-19/h2-5,10-12,14,18H,6-9H2,1H3,(H,21,22)/t14-,18-/m1/s1. The first-order chi connectivity index (χ1) is 12.7. The van der Waals surface area contributed by atoms with Gasteiger partial charge in [0.25, 0.3) is 6.01 Å². The van der Waals surface area contributed by atoms with Gasteiger partial charge in [0.2, 0.25) is 5.91 Å². The van der Waals surface area contributed by atoms with Crippen molar-refractivity contribution in [3.8, 4) is 0 Å². The molecule has 1 saturated heterocycles. The number of likely N-dealkylation sites (tertiary alicyclic amines) is 1. The maximum atomic E-state index is 12.7. The Labute approximate surface area is 151 Å². The molecular formula is C19H21N5O2. The Morgan fingerprint density at radius 2 is 2.08 bits per heavy atom. The van der Waals surface area contributed by atoms with Gasteiger partial charge >= 0.3 is 0 Å². The van der Waals surface area contributed by atoms with Crippen LogP contribution in [-0.4, -0.2) is 37.4 Å². The van der Waals surface area contributed by atoms with Crippen molar-refractivity contribution in [1.82, 2.24) is 19.4 Å². The number of fused-ring (bicyclic) bond motifs is 1. The number of para-hydroxylation sites is 2. The summed E-state index contributed by atoms with van der Waals surface area (Å²) in [5.74, 6) is 0.231. The van der Waals surface area contributed by atoms with Crippen molar-refractivity contribution in [3.05, 3.63) is 42.5 Å². The summed E-state index contributed by atoms with van der Waals surface area (Å²) in [5, 5.41) is 3.46. The first-order valence-corrected chi connectivity index (χ1v) is 9.10. The Balaban J connectivity index is 1.50. The van der Waals surface area contributed by atoms with Gasteiger partial charge in [-0.25, -0.2) is 4.98 Å². The summed E-state index contributed by atoms with van der Waals surface area (Å²) in [4.78, 5) is 23.5. The Bertz CT molecular complexity index is 925. The Morgan fingerprint density at radius 1 is 1.23 bits per heavy atom. The van der Waals surface area contributed by atoms with Crippen molar-refractivity contribution < 1.29 is 9.21 Å². The molecule has 5 rings (SSSR count).